The SMILES string of the molecule is CN(CC1CCOCC1)c1nccc(CN)c1Cl. The molecule has 1 aliphatic heterocycles. The third-order valence-corrected chi connectivity index (χ3v) is 3.82. The van der Waals surface area contributed by atoms with Gasteiger partial charge in [0.15, 0.2) is 0 Å². The van der Waals surface area contributed by atoms with E-state index in [0.29, 0.717) is 17.5 Å². The molecule has 0 radical (unpaired) electrons. The van der Waals surface area contributed by atoms with Gasteiger partial charge in [-0.15, -0.1) is 0 Å². The van der Waals surface area contributed by atoms with Crippen molar-refractivity contribution < 1.29 is 4.74 Å². The number of aromatic nitrogens is 1. The van der Waals surface area contributed by atoms with Crippen LogP contribution >= 0.6 is 11.6 Å². The first-order chi connectivity index (χ1) is 8.72. The largest absolute Gasteiger partial charge is 0.381 e. The molecule has 2 N–H and O–H groups in total. The van der Waals surface area contributed by atoms with Crippen LogP contribution in [0.1, 0.15) is 18.4 Å². The Morgan fingerprint density at radius 3 is 2.89 bits per heavy atom. The Morgan fingerprint density at radius 2 is 2.22 bits per heavy atom. The molecule has 0 aromatic carbocycles. The van der Waals surface area contributed by atoms with Crippen LogP contribution in [0, 0.1) is 5.92 Å². The minimum Gasteiger partial charge on any atom is -0.381 e. The van der Waals surface area contributed by atoms with Crippen LogP contribution in [-0.2, 0) is 11.3 Å². The summed E-state index contributed by atoms with van der Waals surface area (Å²) in [6.45, 7) is 3.13. The second-order valence-electron chi connectivity index (χ2n) is 4.75. The summed E-state index contributed by atoms with van der Waals surface area (Å²) in [5, 5.41) is 0.676. The highest BCUT2D eigenvalue weighted by Gasteiger charge is 2.18. The Hall–Kier alpha value is -0.840. The standard InChI is InChI=1S/C13H20ClN3O/c1-17(9-10-3-6-18-7-4-10)13-12(14)11(8-15)2-5-16-13/h2,5,10H,3-4,6-9,15H2,1H3. The van der Waals surface area contributed by atoms with Crippen LogP contribution < -0.4 is 10.6 Å². The summed E-state index contributed by atoms with van der Waals surface area (Å²) in [6.07, 6.45) is 3.99. The van der Waals surface area contributed by atoms with Gasteiger partial charge in [0.2, 0.25) is 0 Å². The molecule has 100 valence electrons. The molecule has 1 fully saturated rings. The third kappa shape index (κ3) is 3.13. The molecule has 2 heterocycles. The Bertz CT molecular complexity index is 394. The first-order valence-electron chi connectivity index (χ1n) is 6.34. The van der Waals surface area contributed by atoms with Crippen LogP contribution in [-0.4, -0.2) is 31.8 Å². The lowest BCUT2D eigenvalue weighted by Crippen LogP contribution is -2.30. The second-order valence-corrected chi connectivity index (χ2v) is 5.13. The molecule has 5 heteroatoms. The van der Waals surface area contributed by atoms with Gasteiger partial charge in [-0.05, 0) is 30.4 Å². The zero-order chi connectivity index (χ0) is 13.0. The number of nitrogens with two attached hydrogens (primary N) is 1. The highest BCUT2D eigenvalue weighted by molar-refractivity contribution is 6.33. The molecule has 18 heavy (non-hydrogen) atoms. The van der Waals surface area contributed by atoms with Crippen molar-refractivity contribution in [1.29, 1.82) is 0 Å². The van der Waals surface area contributed by atoms with Crippen molar-refractivity contribution in [3.05, 3.63) is 22.8 Å². The molecular weight excluding hydrogens is 250 g/mol. The van der Waals surface area contributed by atoms with Gasteiger partial charge in [0.05, 0.1) is 5.02 Å². The van der Waals surface area contributed by atoms with Crippen molar-refractivity contribution in [3.63, 3.8) is 0 Å². The van der Waals surface area contributed by atoms with Crippen LogP contribution in [0.4, 0.5) is 5.82 Å². The Balaban J connectivity index is 2.05. The molecule has 1 aromatic rings. The summed E-state index contributed by atoms with van der Waals surface area (Å²) in [7, 11) is 2.03. The van der Waals surface area contributed by atoms with Gasteiger partial charge >= 0.3 is 0 Å². The van der Waals surface area contributed by atoms with E-state index in [1.807, 2.05) is 13.1 Å². The van der Waals surface area contributed by atoms with Crippen molar-refractivity contribution in [3.8, 4) is 0 Å². The zero-order valence-electron chi connectivity index (χ0n) is 10.7. The fourth-order valence-electron chi connectivity index (χ4n) is 2.30. The molecule has 0 saturated carbocycles. The third-order valence-electron chi connectivity index (χ3n) is 3.41. The molecule has 0 atom stereocenters. The number of pyridine rings is 1. The van der Waals surface area contributed by atoms with Crippen LogP contribution in [0.3, 0.4) is 0 Å². The van der Waals surface area contributed by atoms with E-state index in [2.05, 4.69) is 9.88 Å². The molecule has 0 amide bonds. The van der Waals surface area contributed by atoms with Gasteiger partial charge in [-0.25, -0.2) is 4.98 Å². The van der Waals surface area contributed by atoms with Crippen molar-refractivity contribution in [2.75, 3.05) is 31.7 Å². The van der Waals surface area contributed by atoms with Gasteiger partial charge in [0.1, 0.15) is 5.82 Å². The maximum absolute atomic E-state index is 6.31. The van der Waals surface area contributed by atoms with Crippen molar-refractivity contribution in [2.45, 2.75) is 19.4 Å². The van der Waals surface area contributed by atoms with Crippen molar-refractivity contribution >= 4 is 17.4 Å². The minimum absolute atomic E-state index is 0.444. The van der Waals surface area contributed by atoms with Crippen LogP contribution in [0.2, 0.25) is 5.02 Å². The number of hydrogen-bond donors (Lipinski definition) is 1. The molecule has 0 spiro atoms. The summed E-state index contributed by atoms with van der Waals surface area (Å²) >= 11 is 6.31. The number of halogens is 1. The predicted octanol–water partition coefficient (Wildman–Crippen LogP) is 2.06. The van der Waals surface area contributed by atoms with Gasteiger partial charge in [0.25, 0.3) is 0 Å². The molecule has 0 bridgehead atoms. The first-order valence-corrected chi connectivity index (χ1v) is 6.72. The Morgan fingerprint density at radius 1 is 1.50 bits per heavy atom. The van der Waals surface area contributed by atoms with Crippen LogP contribution in [0.15, 0.2) is 12.3 Å². The predicted molar refractivity (Wildman–Crippen MR) is 74.0 cm³/mol. The average Bonchev–Trinajstić information content (AvgIpc) is 2.40. The molecule has 4 nitrogen and oxygen atoms in total. The summed E-state index contributed by atoms with van der Waals surface area (Å²) in [5.41, 5.74) is 6.60. The lowest BCUT2D eigenvalue weighted by Gasteiger charge is -2.28. The summed E-state index contributed by atoms with van der Waals surface area (Å²) in [5.74, 6) is 1.48. The van der Waals surface area contributed by atoms with Crippen molar-refractivity contribution in [2.24, 2.45) is 11.7 Å². The highest BCUT2D eigenvalue weighted by Crippen LogP contribution is 2.27. The smallest absolute Gasteiger partial charge is 0.147 e. The van der Waals surface area contributed by atoms with E-state index in [1.165, 1.54) is 0 Å². The summed E-state index contributed by atoms with van der Waals surface area (Å²) in [6, 6.07) is 1.87. The molecule has 1 aliphatic rings. The van der Waals surface area contributed by atoms with E-state index in [4.69, 9.17) is 22.1 Å². The van der Waals surface area contributed by atoms with Crippen LogP contribution in [0.25, 0.3) is 0 Å². The molecule has 0 unspecified atom stereocenters. The maximum Gasteiger partial charge on any atom is 0.147 e. The van der Waals surface area contributed by atoms with Gasteiger partial charge in [-0.1, -0.05) is 11.6 Å². The average molecular weight is 270 g/mol. The number of hydrogen-bond acceptors (Lipinski definition) is 4. The van der Waals surface area contributed by atoms with Gasteiger partial charge in [-0.2, -0.15) is 0 Å². The molecule has 0 aliphatic carbocycles. The summed E-state index contributed by atoms with van der Waals surface area (Å²) in [4.78, 5) is 6.48. The van der Waals surface area contributed by atoms with Crippen LogP contribution in [0.5, 0.6) is 0 Å². The molecular formula is C13H20ClN3O. The Labute approximate surface area is 113 Å². The van der Waals surface area contributed by atoms with E-state index in [0.717, 1.165) is 44.0 Å². The van der Waals surface area contributed by atoms with E-state index in [1.54, 1.807) is 6.20 Å². The van der Waals surface area contributed by atoms with Gasteiger partial charge in [-0.3, -0.25) is 0 Å². The Kier molecular flexibility index (Phi) is 4.80. The fourth-order valence-corrected chi connectivity index (χ4v) is 2.63. The maximum atomic E-state index is 6.31. The quantitative estimate of drug-likeness (QED) is 0.909. The van der Waals surface area contributed by atoms with E-state index < -0.39 is 0 Å². The lowest BCUT2D eigenvalue weighted by molar-refractivity contribution is 0.0685. The number of rotatable bonds is 4. The zero-order valence-corrected chi connectivity index (χ0v) is 11.5. The number of ether oxygens (including phenoxy) is 1. The first kappa shape index (κ1) is 13.6. The molecule has 2 rings (SSSR count). The van der Waals surface area contributed by atoms with Gasteiger partial charge in [0, 0.05) is 39.5 Å². The lowest BCUT2D eigenvalue weighted by atomic mass is 10.00. The number of anilines is 1. The van der Waals surface area contributed by atoms with E-state index in [-0.39, 0.29) is 0 Å². The summed E-state index contributed by atoms with van der Waals surface area (Å²) < 4.78 is 5.37. The van der Waals surface area contributed by atoms with E-state index >= 15 is 0 Å². The highest BCUT2D eigenvalue weighted by atomic mass is 35.5. The molecule has 1 aromatic heterocycles. The van der Waals surface area contributed by atoms with E-state index in [9.17, 15) is 0 Å². The van der Waals surface area contributed by atoms with Gasteiger partial charge < -0.3 is 15.4 Å². The normalized spacial score (nSPS) is 16.8. The monoisotopic (exact) mass is 269 g/mol. The number of nitrogens with zero attached hydrogens (tertiary/aromatic N) is 2. The van der Waals surface area contributed by atoms with Crippen molar-refractivity contribution in [1.82, 2.24) is 4.98 Å². The minimum atomic E-state index is 0.444. The second kappa shape index (κ2) is 6.36. The fraction of sp³-hybridized carbons (Fsp3) is 0.615. The topological polar surface area (TPSA) is 51.4 Å². The molecule has 1 saturated heterocycles.